The van der Waals surface area contributed by atoms with Gasteiger partial charge in [-0.05, 0) is 19.1 Å². The minimum atomic E-state index is -4.50. The zero-order chi connectivity index (χ0) is 19.0. The van der Waals surface area contributed by atoms with Crippen molar-refractivity contribution in [2.75, 3.05) is 0 Å². The molecule has 0 N–H and O–H groups in total. The van der Waals surface area contributed by atoms with Crippen LogP contribution in [-0.4, -0.2) is 34.1 Å². The number of nitrogens with zero attached hydrogens (tertiary/aromatic N) is 7. The van der Waals surface area contributed by atoms with E-state index in [0.717, 1.165) is 12.3 Å². The molecule has 138 valence electrons. The van der Waals surface area contributed by atoms with Crippen LogP contribution in [0.5, 0.6) is 0 Å². The van der Waals surface area contributed by atoms with Gasteiger partial charge in [0.05, 0.1) is 18.3 Å². The first-order valence-electron chi connectivity index (χ1n) is 8.18. The lowest BCUT2D eigenvalue weighted by Gasteiger charge is -2.10. The van der Waals surface area contributed by atoms with Crippen molar-refractivity contribution in [3.05, 3.63) is 54.6 Å². The highest BCUT2D eigenvalue weighted by molar-refractivity contribution is 5.75. The molecule has 0 spiro atoms. The minimum Gasteiger partial charge on any atom is -0.327 e. The number of halogens is 3. The average molecular weight is 373 g/mol. The molecule has 0 radical (unpaired) electrons. The highest BCUT2D eigenvalue weighted by atomic mass is 19.4. The number of hydrogen-bond donors (Lipinski definition) is 0. The average Bonchev–Trinajstić information content (AvgIpc) is 3.25. The summed E-state index contributed by atoms with van der Waals surface area (Å²) in [4.78, 5) is 20.6. The Morgan fingerprint density at radius 1 is 1.04 bits per heavy atom. The highest BCUT2D eigenvalue weighted by Crippen LogP contribution is 2.30. The quantitative estimate of drug-likeness (QED) is 0.549. The van der Waals surface area contributed by atoms with Crippen molar-refractivity contribution in [2.45, 2.75) is 26.2 Å². The van der Waals surface area contributed by atoms with Gasteiger partial charge in [-0.25, -0.2) is 24.9 Å². The van der Waals surface area contributed by atoms with Gasteiger partial charge in [0.1, 0.15) is 17.0 Å². The van der Waals surface area contributed by atoms with Crippen LogP contribution in [0.3, 0.4) is 0 Å². The molecule has 0 atom stereocenters. The van der Waals surface area contributed by atoms with Crippen molar-refractivity contribution in [1.29, 1.82) is 0 Å². The first-order chi connectivity index (χ1) is 13.0. The normalized spacial score (nSPS) is 12.0. The van der Waals surface area contributed by atoms with Crippen molar-refractivity contribution in [1.82, 2.24) is 34.1 Å². The number of aryl methyl sites for hydroxylation is 1. The summed E-state index contributed by atoms with van der Waals surface area (Å²) < 4.78 is 42.5. The second kappa shape index (κ2) is 6.45. The van der Waals surface area contributed by atoms with Crippen LogP contribution in [-0.2, 0) is 19.3 Å². The molecule has 0 bridgehead atoms. The van der Waals surface area contributed by atoms with E-state index in [1.165, 1.54) is 0 Å². The van der Waals surface area contributed by atoms with Crippen LogP contribution in [0.4, 0.5) is 13.2 Å². The molecule has 0 aliphatic carbocycles. The summed E-state index contributed by atoms with van der Waals surface area (Å²) in [6.45, 7) is 2.64. The Balaban J connectivity index is 1.76. The minimum absolute atomic E-state index is 0.317. The van der Waals surface area contributed by atoms with Crippen LogP contribution in [0, 0.1) is 0 Å². The van der Waals surface area contributed by atoms with Gasteiger partial charge in [0, 0.05) is 31.3 Å². The number of hydrogen-bond acceptors (Lipinski definition) is 5. The Bertz CT molecular complexity index is 1080. The monoisotopic (exact) mass is 373 g/mol. The lowest BCUT2D eigenvalue weighted by Crippen LogP contribution is -2.10. The third-order valence-corrected chi connectivity index (χ3v) is 4.11. The molecule has 7 nitrogen and oxygen atoms in total. The van der Waals surface area contributed by atoms with Crippen molar-refractivity contribution >= 4 is 11.0 Å². The molecule has 0 aromatic carbocycles. The number of pyridine rings is 1. The van der Waals surface area contributed by atoms with Crippen LogP contribution in [0.1, 0.15) is 18.4 Å². The van der Waals surface area contributed by atoms with E-state index in [1.54, 1.807) is 40.0 Å². The zero-order valence-corrected chi connectivity index (χ0v) is 14.2. The van der Waals surface area contributed by atoms with E-state index < -0.39 is 11.9 Å². The largest absolute Gasteiger partial charge is 0.433 e. The van der Waals surface area contributed by atoms with Gasteiger partial charge >= 0.3 is 6.18 Å². The van der Waals surface area contributed by atoms with Gasteiger partial charge in [-0.15, -0.1) is 0 Å². The molecule has 0 unspecified atom stereocenters. The number of fused-ring (bicyclic) bond motifs is 1. The molecule has 0 amide bonds. The van der Waals surface area contributed by atoms with Crippen molar-refractivity contribution in [3.8, 4) is 11.6 Å². The fourth-order valence-electron chi connectivity index (χ4n) is 2.92. The Labute approximate surface area is 151 Å². The van der Waals surface area contributed by atoms with Gasteiger partial charge in [0.2, 0.25) is 0 Å². The number of alkyl halides is 3. The molecule has 0 fully saturated rings. The molecule has 10 heteroatoms. The highest BCUT2D eigenvalue weighted by Gasteiger charge is 2.33. The Morgan fingerprint density at radius 2 is 1.81 bits per heavy atom. The predicted octanol–water partition coefficient (Wildman–Crippen LogP) is 3.17. The molecule has 27 heavy (non-hydrogen) atoms. The standard InChI is InChI=1S/C17H14F3N7/c1-2-27-12-8-13(17(18,19)20)24-9-11(12)25-14(27)10-26-7-6-23-16(26)15-21-4-3-5-22-15/h3-9H,2,10H2,1H3. The maximum absolute atomic E-state index is 13.0. The molecule has 4 heterocycles. The molecule has 4 aromatic rings. The lowest BCUT2D eigenvalue weighted by atomic mass is 10.3. The fourth-order valence-corrected chi connectivity index (χ4v) is 2.92. The predicted molar refractivity (Wildman–Crippen MR) is 90.6 cm³/mol. The van der Waals surface area contributed by atoms with E-state index in [2.05, 4.69) is 24.9 Å². The van der Waals surface area contributed by atoms with E-state index in [0.29, 0.717) is 41.6 Å². The maximum atomic E-state index is 13.0. The molecule has 0 saturated heterocycles. The van der Waals surface area contributed by atoms with Crippen molar-refractivity contribution in [3.63, 3.8) is 0 Å². The fraction of sp³-hybridized carbons (Fsp3) is 0.235. The van der Waals surface area contributed by atoms with Gasteiger partial charge in [0.25, 0.3) is 0 Å². The molecule has 4 aromatic heterocycles. The van der Waals surface area contributed by atoms with E-state index in [1.807, 2.05) is 6.92 Å². The third kappa shape index (κ3) is 3.14. The first-order valence-corrected chi connectivity index (χ1v) is 8.18. The van der Waals surface area contributed by atoms with E-state index >= 15 is 0 Å². The summed E-state index contributed by atoms with van der Waals surface area (Å²) in [5, 5.41) is 0. The van der Waals surface area contributed by atoms with Crippen LogP contribution in [0.15, 0.2) is 43.1 Å². The Kier molecular flexibility index (Phi) is 4.09. The maximum Gasteiger partial charge on any atom is 0.433 e. The number of imidazole rings is 2. The third-order valence-electron chi connectivity index (χ3n) is 4.11. The SMILES string of the molecule is CCn1c(Cn2ccnc2-c2ncccn2)nc2cnc(C(F)(F)F)cc21. The second-order valence-electron chi connectivity index (χ2n) is 5.78. The summed E-state index contributed by atoms with van der Waals surface area (Å²) in [5.74, 6) is 1.62. The lowest BCUT2D eigenvalue weighted by molar-refractivity contribution is -0.141. The van der Waals surface area contributed by atoms with Crippen LogP contribution in [0.2, 0.25) is 0 Å². The van der Waals surface area contributed by atoms with Crippen LogP contribution < -0.4 is 0 Å². The van der Waals surface area contributed by atoms with Crippen molar-refractivity contribution < 1.29 is 13.2 Å². The topological polar surface area (TPSA) is 74.3 Å². The van der Waals surface area contributed by atoms with Gasteiger partial charge < -0.3 is 9.13 Å². The van der Waals surface area contributed by atoms with Gasteiger partial charge in [0.15, 0.2) is 11.6 Å². The summed E-state index contributed by atoms with van der Waals surface area (Å²) in [6, 6.07) is 2.74. The summed E-state index contributed by atoms with van der Waals surface area (Å²) >= 11 is 0. The van der Waals surface area contributed by atoms with E-state index in [-0.39, 0.29) is 0 Å². The Morgan fingerprint density at radius 3 is 2.52 bits per heavy atom. The number of rotatable bonds is 4. The van der Waals surface area contributed by atoms with E-state index in [9.17, 15) is 13.2 Å². The first kappa shape index (κ1) is 17.1. The Hall–Kier alpha value is -3.30. The molecule has 0 aliphatic rings. The summed E-state index contributed by atoms with van der Waals surface area (Å²) in [6.07, 6.45) is 3.26. The van der Waals surface area contributed by atoms with Crippen LogP contribution in [0.25, 0.3) is 22.7 Å². The molecule has 0 aliphatic heterocycles. The summed E-state index contributed by atoms with van der Waals surface area (Å²) in [7, 11) is 0. The zero-order valence-electron chi connectivity index (χ0n) is 14.2. The second-order valence-corrected chi connectivity index (χ2v) is 5.78. The van der Waals surface area contributed by atoms with Crippen LogP contribution >= 0.6 is 0 Å². The molecule has 0 saturated carbocycles. The number of aromatic nitrogens is 7. The summed E-state index contributed by atoms with van der Waals surface area (Å²) in [5.41, 5.74) is -0.123. The van der Waals surface area contributed by atoms with Gasteiger partial charge in [-0.2, -0.15) is 13.2 Å². The smallest absolute Gasteiger partial charge is 0.327 e. The molecular weight excluding hydrogens is 359 g/mol. The van der Waals surface area contributed by atoms with Gasteiger partial charge in [-0.1, -0.05) is 0 Å². The van der Waals surface area contributed by atoms with Gasteiger partial charge in [-0.3, -0.25) is 0 Å². The van der Waals surface area contributed by atoms with E-state index in [4.69, 9.17) is 0 Å². The molecule has 4 rings (SSSR count). The van der Waals surface area contributed by atoms with Crippen molar-refractivity contribution in [2.24, 2.45) is 0 Å². The molecular formula is C17H14F3N7.